The van der Waals surface area contributed by atoms with Crippen molar-refractivity contribution in [1.82, 2.24) is 15.3 Å². The van der Waals surface area contributed by atoms with Gasteiger partial charge in [0.25, 0.3) is 0 Å². The standard InChI is InChI=1S/C19H21N3O/c1-23-17-9-5-8-16(12-17)14-22-18(19-20-10-11-21-19)13-15-6-3-2-4-7-15/h2-12,18,22H,13-14H2,1H3,(H,20,21). The van der Waals surface area contributed by atoms with Crippen molar-refractivity contribution in [2.75, 3.05) is 7.11 Å². The van der Waals surface area contributed by atoms with E-state index in [0.717, 1.165) is 24.5 Å². The highest BCUT2D eigenvalue weighted by molar-refractivity contribution is 5.28. The van der Waals surface area contributed by atoms with Gasteiger partial charge in [-0.15, -0.1) is 0 Å². The minimum absolute atomic E-state index is 0.138. The third-order valence-corrected chi connectivity index (χ3v) is 3.82. The first kappa shape index (κ1) is 15.3. The molecule has 3 rings (SSSR count). The molecule has 0 aliphatic rings. The number of rotatable bonds is 7. The number of nitrogens with one attached hydrogen (secondary N) is 2. The van der Waals surface area contributed by atoms with E-state index in [1.54, 1.807) is 13.3 Å². The van der Waals surface area contributed by atoms with Gasteiger partial charge in [-0.2, -0.15) is 0 Å². The number of hydrogen-bond acceptors (Lipinski definition) is 3. The van der Waals surface area contributed by atoms with Gasteiger partial charge in [-0.3, -0.25) is 0 Å². The molecule has 2 N–H and O–H groups in total. The van der Waals surface area contributed by atoms with Crippen LogP contribution in [-0.4, -0.2) is 17.1 Å². The maximum absolute atomic E-state index is 5.28. The summed E-state index contributed by atoms with van der Waals surface area (Å²) in [6.45, 7) is 0.759. The Bertz CT molecular complexity index is 710. The monoisotopic (exact) mass is 307 g/mol. The molecule has 0 spiro atoms. The van der Waals surface area contributed by atoms with Gasteiger partial charge in [-0.05, 0) is 29.7 Å². The molecule has 0 radical (unpaired) electrons. The Hall–Kier alpha value is -2.59. The third kappa shape index (κ3) is 4.20. The molecule has 1 unspecified atom stereocenters. The zero-order chi connectivity index (χ0) is 15.9. The summed E-state index contributed by atoms with van der Waals surface area (Å²) in [6, 6.07) is 18.7. The summed E-state index contributed by atoms with van der Waals surface area (Å²) in [6.07, 6.45) is 4.54. The average Bonchev–Trinajstić information content (AvgIpc) is 3.14. The van der Waals surface area contributed by atoms with Crippen LogP contribution in [-0.2, 0) is 13.0 Å². The molecule has 0 amide bonds. The Labute approximate surface area is 136 Å². The second-order valence-corrected chi connectivity index (χ2v) is 5.45. The van der Waals surface area contributed by atoms with E-state index in [1.807, 2.05) is 24.4 Å². The summed E-state index contributed by atoms with van der Waals surface area (Å²) >= 11 is 0. The van der Waals surface area contributed by atoms with E-state index in [-0.39, 0.29) is 6.04 Å². The van der Waals surface area contributed by atoms with E-state index in [2.05, 4.69) is 51.7 Å². The van der Waals surface area contributed by atoms with Crippen LogP contribution in [0.4, 0.5) is 0 Å². The molecule has 3 aromatic rings. The minimum atomic E-state index is 0.138. The van der Waals surface area contributed by atoms with Crippen LogP contribution in [0.3, 0.4) is 0 Å². The van der Waals surface area contributed by atoms with E-state index in [1.165, 1.54) is 11.1 Å². The van der Waals surface area contributed by atoms with Crippen molar-refractivity contribution in [2.24, 2.45) is 0 Å². The summed E-state index contributed by atoms with van der Waals surface area (Å²) in [4.78, 5) is 7.63. The van der Waals surface area contributed by atoms with Crippen LogP contribution in [0.1, 0.15) is 23.0 Å². The third-order valence-electron chi connectivity index (χ3n) is 3.82. The first-order valence-corrected chi connectivity index (χ1v) is 7.74. The Morgan fingerprint density at radius 1 is 1.09 bits per heavy atom. The van der Waals surface area contributed by atoms with E-state index in [0.29, 0.717) is 0 Å². The summed E-state index contributed by atoms with van der Waals surface area (Å²) in [5, 5.41) is 3.59. The fourth-order valence-electron chi connectivity index (χ4n) is 2.61. The lowest BCUT2D eigenvalue weighted by Crippen LogP contribution is -2.24. The fraction of sp³-hybridized carbons (Fsp3) is 0.211. The Balaban J connectivity index is 1.71. The summed E-state index contributed by atoms with van der Waals surface area (Å²) in [7, 11) is 1.69. The molecular weight excluding hydrogens is 286 g/mol. The normalized spacial score (nSPS) is 12.0. The van der Waals surface area contributed by atoms with Gasteiger partial charge in [-0.1, -0.05) is 42.5 Å². The quantitative estimate of drug-likeness (QED) is 0.702. The summed E-state index contributed by atoms with van der Waals surface area (Å²) in [5.74, 6) is 1.83. The van der Waals surface area contributed by atoms with E-state index in [9.17, 15) is 0 Å². The highest BCUT2D eigenvalue weighted by atomic mass is 16.5. The highest BCUT2D eigenvalue weighted by Gasteiger charge is 2.14. The molecule has 23 heavy (non-hydrogen) atoms. The highest BCUT2D eigenvalue weighted by Crippen LogP contribution is 2.17. The molecule has 1 aromatic heterocycles. The number of imidazole rings is 1. The SMILES string of the molecule is COc1cccc(CNC(Cc2ccccc2)c2ncc[nH]2)c1. The summed E-state index contributed by atoms with van der Waals surface area (Å²) in [5.41, 5.74) is 2.47. The van der Waals surface area contributed by atoms with Crippen molar-refractivity contribution < 1.29 is 4.74 Å². The number of aromatic nitrogens is 2. The molecule has 4 heteroatoms. The first-order valence-electron chi connectivity index (χ1n) is 7.74. The van der Waals surface area contributed by atoms with Gasteiger partial charge in [0, 0.05) is 18.9 Å². The van der Waals surface area contributed by atoms with Gasteiger partial charge < -0.3 is 15.0 Å². The largest absolute Gasteiger partial charge is 0.497 e. The maximum Gasteiger partial charge on any atom is 0.123 e. The molecule has 2 aromatic carbocycles. The lowest BCUT2D eigenvalue weighted by Gasteiger charge is -2.17. The number of methoxy groups -OCH3 is 1. The minimum Gasteiger partial charge on any atom is -0.497 e. The number of hydrogen-bond donors (Lipinski definition) is 2. The molecule has 1 atom stereocenters. The molecule has 118 valence electrons. The first-order chi connectivity index (χ1) is 11.3. The van der Waals surface area contributed by atoms with Gasteiger partial charge in [0.1, 0.15) is 11.6 Å². The van der Waals surface area contributed by atoms with Crippen LogP contribution in [0.2, 0.25) is 0 Å². The second-order valence-electron chi connectivity index (χ2n) is 5.45. The second kappa shape index (κ2) is 7.61. The van der Waals surface area contributed by atoms with Crippen LogP contribution >= 0.6 is 0 Å². The van der Waals surface area contributed by atoms with Gasteiger partial charge in [0.05, 0.1) is 13.2 Å². The Kier molecular flexibility index (Phi) is 5.06. The van der Waals surface area contributed by atoms with E-state index in [4.69, 9.17) is 4.74 Å². The molecule has 1 heterocycles. The van der Waals surface area contributed by atoms with Crippen molar-refractivity contribution in [3.05, 3.63) is 83.9 Å². The molecule has 0 saturated carbocycles. The van der Waals surface area contributed by atoms with Crippen LogP contribution < -0.4 is 10.1 Å². The van der Waals surface area contributed by atoms with Crippen LogP contribution in [0, 0.1) is 0 Å². The van der Waals surface area contributed by atoms with Crippen molar-refractivity contribution in [2.45, 2.75) is 19.0 Å². The molecule has 0 bridgehead atoms. The number of ether oxygens (including phenoxy) is 1. The maximum atomic E-state index is 5.28. The van der Waals surface area contributed by atoms with Gasteiger partial charge >= 0.3 is 0 Å². The van der Waals surface area contributed by atoms with Crippen LogP contribution in [0.15, 0.2) is 67.0 Å². The molecule has 0 saturated heterocycles. The number of nitrogens with zero attached hydrogens (tertiary/aromatic N) is 1. The topological polar surface area (TPSA) is 49.9 Å². The van der Waals surface area contributed by atoms with E-state index < -0.39 is 0 Å². The van der Waals surface area contributed by atoms with Crippen molar-refractivity contribution >= 4 is 0 Å². The Morgan fingerprint density at radius 3 is 2.65 bits per heavy atom. The average molecular weight is 307 g/mol. The number of benzene rings is 2. The van der Waals surface area contributed by atoms with Gasteiger partial charge in [-0.25, -0.2) is 4.98 Å². The summed E-state index contributed by atoms with van der Waals surface area (Å²) < 4.78 is 5.28. The van der Waals surface area contributed by atoms with E-state index >= 15 is 0 Å². The molecular formula is C19H21N3O. The lowest BCUT2D eigenvalue weighted by molar-refractivity contribution is 0.413. The van der Waals surface area contributed by atoms with Crippen molar-refractivity contribution in [3.8, 4) is 5.75 Å². The predicted molar refractivity (Wildman–Crippen MR) is 91.3 cm³/mol. The fourth-order valence-corrected chi connectivity index (χ4v) is 2.61. The van der Waals surface area contributed by atoms with Gasteiger partial charge in [0.15, 0.2) is 0 Å². The Morgan fingerprint density at radius 2 is 1.91 bits per heavy atom. The van der Waals surface area contributed by atoms with Crippen molar-refractivity contribution in [3.63, 3.8) is 0 Å². The molecule has 0 aliphatic heterocycles. The van der Waals surface area contributed by atoms with Gasteiger partial charge in [0.2, 0.25) is 0 Å². The zero-order valence-corrected chi connectivity index (χ0v) is 13.2. The predicted octanol–water partition coefficient (Wildman–Crippen LogP) is 3.49. The van der Waals surface area contributed by atoms with Crippen molar-refractivity contribution in [1.29, 1.82) is 0 Å². The lowest BCUT2D eigenvalue weighted by atomic mass is 10.0. The zero-order valence-electron chi connectivity index (χ0n) is 13.2. The van der Waals surface area contributed by atoms with Crippen LogP contribution in [0.5, 0.6) is 5.75 Å². The number of H-pyrrole nitrogens is 1. The number of aromatic amines is 1. The molecule has 0 fully saturated rings. The molecule has 0 aliphatic carbocycles. The van der Waals surface area contributed by atoms with Crippen LogP contribution in [0.25, 0.3) is 0 Å². The molecule has 4 nitrogen and oxygen atoms in total. The smallest absolute Gasteiger partial charge is 0.123 e.